The molecule has 17 heavy (non-hydrogen) atoms. The van der Waals surface area contributed by atoms with E-state index < -0.39 is 0 Å². The molecule has 2 rings (SSSR count). The number of benzene rings is 1. The first-order valence-electron chi connectivity index (χ1n) is 4.96. The van der Waals surface area contributed by atoms with Gasteiger partial charge in [0.1, 0.15) is 12.1 Å². The van der Waals surface area contributed by atoms with Crippen molar-refractivity contribution in [2.75, 3.05) is 6.54 Å². The number of carbonyl (C=O) groups is 1. The second-order valence-corrected chi connectivity index (χ2v) is 4.47. The fraction of sp³-hybridized carbons (Fsp3) is 0.167. The van der Waals surface area contributed by atoms with E-state index >= 15 is 0 Å². The van der Waals surface area contributed by atoms with Gasteiger partial charge in [-0.1, -0.05) is 0 Å². The third-order valence-electron chi connectivity index (χ3n) is 2.27. The number of hydrogen-bond acceptors (Lipinski definition) is 3. The minimum Gasteiger partial charge on any atom is -0.450 e. The number of rotatable bonds is 2. The fourth-order valence-corrected chi connectivity index (χ4v) is 2.24. The second kappa shape index (κ2) is 4.60. The predicted molar refractivity (Wildman–Crippen MR) is 66.6 cm³/mol. The number of aryl methyl sites for hydroxylation is 1. The van der Waals surface area contributed by atoms with Crippen molar-refractivity contribution in [2.45, 2.75) is 6.92 Å². The predicted octanol–water partition coefficient (Wildman–Crippen LogP) is 2.76. The number of nitrogens with one attached hydrogen (secondary N) is 1. The van der Waals surface area contributed by atoms with E-state index in [9.17, 15) is 4.79 Å². The largest absolute Gasteiger partial charge is 0.450 e. The van der Waals surface area contributed by atoms with Crippen molar-refractivity contribution in [1.29, 1.82) is 5.26 Å². The van der Waals surface area contributed by atoms with Gasteiger partial charge in [-0.2, -0.15) is 5.26 Å². The number of carbonyl (C=O) groups excluding carboxylic acids is 1. The highest BCUT2D eigenvalue weighted by atomic mass is 79.9. The molecule has 0 fully saturated rings. The number of nitriles is 1. The highest BCUT2D eigenvalue weighted by molar-refractivity contribution is 9.10. The summed E-state index contributed by atoms with van der Waals surface area (Å²) in [5.74, 6) is -0.172. The van der Waals surface area contributed by atoms with Crippen LogP contribution < -0.4 is 5.32 Å². The van der Waals surface area contributed by atoms with Crippen LogP contribution in [0.4, 0.5) is 0 Å². The fourth-order valence-electron chi connectivity index (χ4n) is 1.57. The molecule has 0 aliphatic rings. The topological polar surface area (TPSA) is 66.0 Å². The summed E-state index contributed by atoms with van der Waals surface area (Å²) in [4.78, 5) is 11.6. The average molecular weight is 293 g/mol. The molecular formula is C12H9BrN2O2. The summed E-state index contributed by atoms with van der Waals surface area (Å²) in [6.45, 7) is 1.93. The molecule has 4 nitrogen and oxygen atoms in total. The van der Waals surface area contributed by atoms with Crippen molar-refractivity contribution >= 4 is 32.8 Å². The SMILES string of the molecule is Cc1cc(Br)c2oc(C(=O)NCC#N)cc2c1. The molecular weight excluding hydrogens is 284 g/mol. The first kappa shape index (κ1) is 11.7. The zero-order valence-corrected chi connectivity index (χ0v) is 10.7. The maximum atomic E-state index is 11.6. The third kappa shape index (κ3) is 2.32. The number of halogens is 1. The Morgan fingerprint density at radius 2 is 2.29 bits per heavy atom. The molecule has 2 aromatic rings. The van der Waals surface area contributed by atoms with Crippen molar-refractivity contribution < 1.29 is 9.21 Å². The second-order valence-electron chi connectivity index (χ2n) is 3.62. The summed E-state index contributed by atoms with van der Waals surface area (Å²) < 4.78 is 6.26. The highest BCUT2D eigenvalue weighted by Crippen LogP contribution is 2.28. The minimum atomic E-state index is -0.382. The van der Waals surface area contributed by atoms with E-state index in [-0.39, 0.29) is 18.2 Å². The molecule has 1 aromatic carbocycles. The lowest BCUT2D eigenvalue weighted by atomic mass is 10.2. The average Bonchev–Trinajstić information content (AvgIpc) is 2.69. The first-order valence-corrected chi connectivity index (χ1v) is 5.76. The number of furan rings is 1. The van der Waals surface area contributed by atoms with Gasteiger partial charge in [-0.3, -0.25) is 4.79 Å². The molecule has 5 heteroatoms. The van der Waals surface area contributed by atoms with Gasteiger partial charge < -0.3 is 9.73 Å². The number of fused-ring (bicyclic) bond motifs is 1. The van der Waals surface area contributed by atoms with Crippen molar-refractivity contribution in [1.82, 2.24) is 5.32 Å². The van der Waals surface area contributed by atoms with Crippen LogP contribution in [-0.4, -0.2) is 12.5 Å². The van der Waals surface area contributed by atoms with Gasteiger partial charge in [0.05, 0.1) is 10.5 Å². The van der Waals surface area contributed by atoms with Gasteiger partial charge in [0.25, 0.3) is 5.91 Å². The molecule has 0 spiro atoms. The van der Waals surface area contributed by atoms with Crippen molar-refractivity contribution in [3.05, 3.63) is 34.0 Å². The van der Waals surface area contributed by atoms with Gasteiger partial charge in [0, 0.05) is 5.39 Å². The van der Waals surface area contributed by atoms with Gasteiger partial charge >= 0.3 is 0 Å². The summed E-state index contributed by atoms with van der Waals surface area (Å²) in [6, 6.07) is 7.36. The Labute approximate surface area is 106 Å². The molecule has 1 aromatic heterocycles. The summed E-state index contributed by atoms with van der Waals surface area (Å²) in [6.07, 6.45) is 0. The van der Waals surface area contributed by atoms with E-state index in [0.717, 1.165) is 15.4 Å². The number of hydrogen-bond donors (Lipinski definition) is 1. The molecule has 1 amide bonds. The first-order chi connectivity index (χ1) is 8.11. The Hall–Kier alpha value is -1.80. The van der Waals surface area contributed by atoms with Crippen molar-refractivity contribution in [3.8, 4) is 6.07 Å². The van der Waals surface area contributed by atoms with Gasteiger partial charge in [-0.25, -0.2) is 0 Å². The lowest BCUT2D eigenvalue weighted by Crippen LogP contribution is -2.22. The van der Waals surface area contributed by atoms with Crippen molar-refractivity contribution in [3.63, 3.8) is 0 Å². The van der Waals surface area contributed by atoms with E-state index in [0.29, 0.717) is 5.58 Å². The minimum absolute atomic E-state index is 0.0317. The molecule has 0 saturated heterocycles. The van der Waals surface area contributed by atoms with Crippen LogP contribution >= 0.6 is 15.9 Å². The zero-order chi connectivity index (χ0) is 12.4. The van der Waals surface area contributed by atoms with Gasteiger partial charge in [-0.05, 0) is 46.6 Å². The molecule has 86 valence electrons. The molecule has 1 heterocycles. The molecule has 0 unspecified atom stereocenters. The van der Waals surface area contributed by atoms with Crippen LogP contribution in [0, 0.1) is 18.3 Å². The number of amides is 1. The van der Waals surface area contributed by atoms with Gasteiger partial charge in [0.15, 0.2) is 5.76 Å². The summed E-state index contributed by atoms with van der Waals surface area (Å²) >= 11 is 3.38. The maximum Gasteiger partial charge on any atom is 0.287 e. The maximum absolute atomic E-state index is 11.6. The van der Waals surface area contributed by atoms with E-state index in [1.54, 1.807) is 6.07 Å². The van der Waals surface area contributed by atoms with Crippen LogP contribution in [0.2, 0.25) is 0 Å². The molecule has 0 aliphatic carbocycles. The quantitative estimate of drug-likeness (QED) is 0.866. The lowest BCUT2D eigenvalue weighted by Gasteiger charge is -1.96. The Morgan fingerprint density at radius 1 is 1.53 bits per heavy atom. The van der Waals surface area contributed by atoms with Gasteiger partial charge in [-0.15, -0.1) is 0 Å². The Bertz CT molecular complexity index is 625. The van der Waals surface area contributed by atoms with Crippen molar-refractivity contribution in [2.24, 2.45) is 0 Å². The summed E-state index contributed by atoms with van der Waals surface area (Å²) in [5, 5.41) is 11.7. The normalized spacial score (nSPS) is 10.2. The van der Waals surface area contributed by atoms with E-state index in [1.165, 1.54) is 0 Å². The highest BCUT2D eigenvalue weighted by Gasteiger charge is 2.13. The third-order valence-corrected chi connectivity index (χ3v) is 2.86. The standard InChI is InChI=1S/C12H9BrN2O2/c1-7-4-8-6-10(12(16)15-3-2-14)17-11(8)9(13)5-7/h4-6H,3H2,1H3,(H,15,16). The summed E-state index contributed by atoms with van der Waals surface area (Å²) in [7, 11) is 0. The smallest absolute Gasteiger partial charge is 0.287 e. The number of nitrogens with zero attached hydrogens (tertiary/aromatic N) is 1. The summed E-state index contributed by atoms with van der Waals surface area (Å²) in [5.41, 5.74) is 1.71. The van der Waals surface area contributed by atoms with E-state index in [4.69, 9.17) is 9.68 Å². The van der Waals surface area contributed by atoms with Crippen LogP contribution in [0.3, 0.4) is 0 Å². The molecule has 0 bridgehead atoms. The van der Waals surface area contributed by atoms with Crippen LogP contribution in [0.25, 0.3) is 11.0 Å². The molecule has 0 aliphatic heterocycles. The lowest BCUT2D eigenvalue weighted by molar-refractivity contribution is 0.0933. The molecule has 0 saturated carbocycles. The van der Waals surface area contributed by atoms with Gasteiger partial charge in [0.2, 0.25) is 0 Å². The molecule has 0 atom stereocenters. The van der Waals surface area contributed by atoms with E-state index in [1.807, 2.05) is 25.1 Å². The van der Waals surface area contributed by atoms with E-state index in [2.05, 4.69) is 21.2 Å². The Morgan fingerprint density at radius 3 is 3.00 bits per heavy atom. The molecule has 0 radical (unpaired) electrons. The van der Waals surface area contributed by atoms with Crippen LogP contribution in [0.15, 0.2) is 27.1 Å². The zero-order valence-electron chi connectivity index (χ0n) is 9.08. The Kier molecular flexibility index (Phi) is 3.16. The van der Waals surface area contributed by atoms with Crippen LogP contribution in [0.5, 0.6) is 0 Å². The Balaban J connectivity index is 2.42. The molecule has 1 N–H and O–H groups in total. The van der Waals surface area contributed by atoms with Crippen LogP contribution in [0.1, 0.15) is 16.1 Å². The van der Waals surface area contributed by atoms with Crippen LogP contribution in [-0.2, 0) is 0 Å². The monoisotopic (exact) mass is 292 g/mol.